The minimum Gasteiger partial charge on any atom is -0.334 e. The quantitative estimate of drug-likeness (QED) is 0.857. The van der Waals surface area contributed by atoms with Gasteiger partial charge in [0.2, 0.25) is 10.0 Å². The van der Waals surface area contributed by atoms with E-state index in [9.17, 15) is 13.2 Å². The molecule has 1 aromatic carbocycles. The first-order valence-electron chi connectivity index (χ1n) is 7.91. The van der Waals surface area contributed by atoms with Gasteiger partial charge in [-0.15, -0.1) is 0 Å². The van der Waals surface area contributed by atoms with Crippen LogP contribution >= 0.6 is 0 Å². The van der Waals surface area contributed by atoms with Crippen LogP contribution in [0.5, 0.6) is 0 Å². The fourth-order valence-corrected chi connectivity index (χ4v) is 3.32. The number of nitrogens with one attached hydrogen (secondary N) is 2. The van der Waals surface area contributed by atoms with Crippen molar-refractivity contribution < 1.29 is 13.2 Å². The molecule has 0 bridgehead atoms. The van der Waals surface area contributed by atoms with Crippen LogP contribution in [0.2, 0.25) is 0 Å². The van der Waals surface area contributed by atoms with Crippen molar-refractivity contribution in [2.45, 2.75) is 32.1 Å². The molecule has 0 spiro atoms. The molecular formula is C16H25N3O3S. The number of likely N-dealkylation sites (tertiary alicyclic amines) is 1. The van der Waals surface area contributed by atoms with Gasteiger partial charge in [0.05, 0.1) is 5.75 Å². The third-order valence-electron chi connectivity index (χ3n) is 4.21. The van der Waals surface area contributed by atoms with Gasteiger partial charge in [-0.25, -0.2) is 17.9 Å². The number of carbonyl (C=O) groups excluding carboxylic acids is 1. The predicted molar refractivity (Wildman–Crippen MR) is 90.3 cm³/mol. The van der Waals surface area contributed by atoms with Crippen LogP contribution in [0.4, 0.5) is 4.79 Å². The number of benzene rings is 1. The lowest BCUT2D eigenvalue weighted by molar-refractivity contribution is 0.173. The summed E-state index contributed by atoms with van der Waals surface area (Å²) in [6.45, 7) is 4.29. The van der Waals surface area contributed by atoms with Gasteiger partial charge in [-0.3, -0.25) is 0 Å². The molecule has 0 unspecified atom stereocenters. The summed E-state index contributed by atoms with van der Waals surface area (Å²) in [6.07, 6.45) is 2.12. The largest absolute Gasteiger partial charge is 0.334 e. The van der Waals surface area contributed by atoms with Gasteiger partial charge >= 0.3 is 6.03 Å². The Bertz CT molecular complexity index is 620. The van der Waals surface area contributed by atoms with Crippen LogP contribution in [0.25, 0.3) is 0 Å². The topological polar surface area (TPSA) is 78.5 Å². The summed E-state index contributed by atoms with van der Waals surface area (Å²) in [6, 6.07) is 7.22. The molecule has 1 saturated heterocycles. The third kappa shape index (κ3) is 5.51. The average molecular weight is 339 g/mol. The lowest BCUT2D eigenvalue weighted by atomic mass is 10.00. The smallest absolute Gasteiger partial charge is 0.317 e. The van der Waals surface area contributed by atoms with E-state index in [2.05, 4.69) is 17.0 Å². The van der Waals surface area contributed by atoms with E-state index in [1.807, 2.05) is 17.0 Å². The molecule has 0 radical (unpaired) electrons. The minimum absolute atomic E-state index is 0.0289. The van der Waals surface area contributed by atoms with Crippen LogP contribution in [0.1, 0.15) is 30.9 Å². The molecule has 6 nitrogen and oxygen atoms in total. The average Bonchev–Trinajstić information content (AvgIpc) is 2.54. The zero-order valence-electron chi connectivity index (χ0n) is 13.7. The van der Waals surface area contributed by atoms with Gasteiger partial charge in [0.1, 0.15) is 0 Å². The SMILES string of the molecule is CNS(=O)(=O)Cc1ccc(CNC(=O)N2CCC(C)CC2)cc1. The van der Waals surface area contributed by atoms with Crippen LogP contribution in [-0.2, 0) is 22.3 Å². The van der Waals surface area contributed by atoms with Crippen LogP contribution in [0.15, 0.2) is 24.3 Å². The van der Waals surface area contributed by atoms with E-state index in [4.69, 9.17) is 0 Å². The molecule has 1 aliphatic rings. The van der Waals surface area contributed by atoms with Crippen molar-refractivity contribution in [3.05, 3.63) is 35.4 Å². The Morgan fingerprint density at radius 2 is 1.74 bits per heavy atom. The number of urea groups is 1. The summed E-state index contributed by atoms with van der Waals surface area (Å²) in [5.41, 5.74) is 1.67. The van der Waals surface area contributed by atoms with Gasteiger partial charge in [-0.05, 0) is 36.9 Å². The van der Waals surface area contributed by atoms with E-state index in [1.165, 1.54) is 7.05 Å². The zero-order valence-corrected chi connectivity index (χ0v) is 14.5. The summed E-state index contributed by atoms with van der Waals surface area (Å²) in [5, 5.41) is 2.92. The Morgan fingerprint density at radius 1 is 1.17 bits per heavy atom. The van der Waals surface area contributed by atoms with Gasteiger partial charge < -0.3 is 10.2 Å². The Morgan fingerprint density at radius 3 is 2.30 bits per heavy atom. The van der Waals surface area contributed by atoms with Gasteiger partial charge in [0.15, 0.2) is 0 Å². The molecule has 0 aliphatic carbocycles. The molecule has 1 fully saturated rings. The summed E-state index contributed by atoms with van der Waals surface area (Å²) in [5.74, 6) is 0.655. The van der Waals surface area contributed by atoms with Crippen molar-refractivity contribution in [1.29, 1.82) is 0 Å². The zero-order chi connectivity index (χ0) is 16.9. The van der Waals surface area contributed by atoms with E-state index >= 15 is 0 Å². The second-order valence-electron chi connectivity index (χ2n) is 6.11. The summed E-state index contributed by atoms with van der Waals surface area (Å²) in [7, 11) is -1.85. The number of sulfonamides is 1. The summed E-state index contributed by atoms with van der Waals surface area (Å²) < 4.78 is 25.3. The maximum atomic E-state index is 12.1. The van der Waals surface area contributed by atoms with Gasteiger partial charge in [-0.2, -0.15) is 0 Å². The number of carbonyl (C=O) groups is 1. The number of rotatable bonds is 5. The highest BCUT2D eigenvalue weighted by molar-refractivity contribution is 7.88. The van der Waals surface area contributed by atoms with Crippen molar-refractivity contribution >= 4 is 16.1 Å². The first kappa shape index (κ1) is 17.7. The number of nitrogens with zero attached hydrogens (tertiary/aromatic N) is 1. The highest BCUT2D eigenvalue weighted by atomic mass is 32.2. The predicted octanol–water partition coefficient (Wildman–Crippen LogP) is 1.68. The Kier molecular flexibility index (Phi) is 6.01. The van der Waals surface area contributed by atoms with Crippen LogP contribution < -0.4 is 10.0 Å². The van der Waals surface area contributed by atoms with Crippen molar-refractivity contribution in [3.8, 4) is 0 Å². The monoisotopic (exact) mass is 339 g/mol. The number of amides is 2. The second kappa shape index (κ2) is 7.79. The molecule has 2 rings (SSSR count). The molecule has 7 heteroatoms. The molecule has 0 saturated carbocycles. The number of hydrogen-bond acceptors (Lipinski definition) is 3. The molecule has 0 atom stereocenters. The Labute approximate surface area is 138 Å². The molecule has 1 aliphatic heterocycles. The van der Waals surface area contributed by atoms with Crippen molar-refractivity contribution in [2.24, 2.45) is 5.92 Å². The van der Waals surface area contributed by atoms with E-state index in [0.717, 1.165) is 37.1 Å². The van der Waals surface area contributed by atoms with Crippen LogP contribution in [-0.4, -0.2) is 39.5 Å². The molecule has 0 aromatic heterocycles. The molecule has 2 N–H and O–H groups in total. The first-order chi connectivity index (χ1) is 10.9. The molecule has 23 heavy (non-hydrogen) atoms. The van der Waals surface area contributed by atoms with E-state index in [1.54, 1.807) is 12.1 Å². The highest BCUT2D eigenvalue weighted by Gasteiger charge is 2.19. The van der Waals surface area contributed by atoms with Crippen LogP contribution in [0.3, 0.4) is 0 Å². The molecule has 128 valence electrons. The fourth-order valence-electron chi connectivity index (χ4n) is 2.55. The Balaban J connectivity index is 1.83. The van der Waals surface area contributed by atoms with Gasteiger partial charge in [0, 0.05) is 19.6 Å². The lowest BCUT2D eigenvalue weighted by Crippen LogP contribution is -2.43. The van der Waals surface area contributed by atoms with Crippen molar-refractivity contribution in [2.75, 3.05) is 20.1 Å². The van der Waals surface area contributed by atoms with Gasteiger partial charge in [0.25, 0.3) is 0 Å². The third-order valence-corrected chi connectivity index (χ3v) is 5.54. The van der Waals surface area contributed by atoms with E-state index in [-0.39, 0.29) is 11.8 Å². The van der Waals surface area contributed by atoms with E-state index in [0.29, 0.717) is 12.5 Å². The standard InChI is InChI=1S/C16H25N3O3S/c1-13-7-9-19(10-8-13)16(20)18-11-14-3-5-15(6-4-14)12-23(21,22)17-2/h3-6,13,17H,7-12H2,1-2H3,(H,18,20). The maximum Gasteiger partial charge on any atom is 0.317 e. The van der Waals surface area contributed by atoms with Gasteiger partial charge in [-0.1, -0.05) is 31.2 Å². The molecule has 1 heterocycles. The maximum absolute atomic E-state index is 12.1. The molecular weight excluding hydrogens is 314 g/mol. The minimum atomic E-state index is -3.26. The van der Waals surface area contributed by atoms with Crippen molar-refractivity contribution in [3.63, 3.8) is 0 Å². The number of hydrogen-bond donors (Lipinski definition) is 2. The number of piperidine rings is 1. The molecule has 2 amide bonds. The van der Waals surface area contributed by atoms with Crippen LogP contribution in [0, 0.1) is 5.92 Å². The fraction of sp³-hybridized carbons (Fsp3) is 0.562. The van der Waals surface area contributed by atoms with Crippen molar-refractivity contribution in [1.82, 2.24) is 14.9 Å². The summed E-state index contributed by atoms with van der Waals surface area (Å²) in [4.78, 5) is 14.0. The first-order valence-corrected chi connectivity index (χ1v) is 9.56. The Hall–Kier alpha value is -1.60. The normalized spacial score (nSPS) is 16.3. The summed E-state index contributed by atoms with van der Waals surface area (Å²) >= 11 is 0. The van der Waals surface area contributed by atoms with E-state index < -0.39 is 10.0 Å². The second-order valence-corrected chi connectivity index (χ2v) is 8.03. The highest BCUT2D eigenvalue weighted by Crippen LogP contribution is 2.16. The molecule has 1 aromatic rings. The lowest BCUT2D eigenvalue weighted by Gasteiger charge is -2.30.